The number of rotatable bonds is 10. The van der Waals surface area contributed by atoms with Crippen LogP contribution in [-0.4, -0.2) is 5.16 Å². The molecule has 0 unspecified atom stereocenters. The van der Waals surface area contributed by atoms with Crippen LogP contribution in [0.1, 0.15) is 53.1 Å². The highest BCUT2D eigenvalue weighted by molar-refractivity contribution is 7.98. The van der Waals surface area contributed by atoms with Gasteiger partial charge in [-0.3, -0.25) is 0 Å². The number of nitrogens with zero attached hydrogens (tertiary/aromatic N) is 2. The normalized spacial score (nSPS) is 17.7. The highest BCUT2D eigenvalue weighted by Crippen LogP contribution is 2.83. The molecule has 0 saturated heterocycles. The van der Waals surface area contributed by atoms with Gasteiger partial charge in [0, 0.05) is 24.3 Å². The standard InChI is InChI=1S/C58H60N2P2/c1-43-9-21-51(22-10-43)61(52-23-11-44(2)12-24-52,53-25-13-45(3)14-26-53)57(7)41-58(42-57,60-39-35-50(36-40-60)49-33-37-59(8)38-34-49)62(54-27-15-46(4)16-28-54,55-29-17-47(5)18-30-55)56-31-19-48(6)20-32-56/h9-40H,41-42H2,1-8H3/q+4. The molecule has 2 heterocycles. The monoisotopic (exact) mass is 846 g/mol. The van der Waals surface area contributed by atoms with Crippen molar-refractivity contribution in [2.45, 2.75) is 71.7 Å². The first-order valence-electron chi connectivity index (χ1n) is 22.1. The Hall–Kier alpha value is -5.52. The lowest BCUT2D eigenvalue weighted by Crippen LogP contribution is -2.74. The average Bonchev–Trinajstić information content (AvgIpc) is 3.27. The summed E-state index contributed by atoms with van der Waals surface area (Å²) in [5.74, 6) is 0. The Labute approximate surface area is 371 Å². The van der Waals surface area contributed by atoms with Crippen LogP contribution in [0.2, 0.25) is 0 Å². The van der Waals surface area contributed by atoms with E-state index >= 15 is 0 Å². The lowest BCUT2D eigenvalue weighted by Gasteiger charge is -2.56. The molecule has 1 aliphatic carbocycles. The smallest absolute Gasteiger partial charge is 0.208 e. The van der Waals surface area contributed by atoms with Crippen LogP contribution < -0.4 is 41.0 Å². The van der Waals surface area contributed by atoms with E-state index in [1.807, 2.05) is 0 Å². The summed E-state index contributed by atoms with van der Waals surface area (Å²) in [5, 5.41) is 8.19. The van der Waals surface area contributed by atoms with E-state index in [0.29, 0.717) is 0 Å². The Morgan fingerprint density at radius 1 is 0.339 bits per heavy atom. The first-order chi connectivity index (χ1) is 29.9. The quantitative estimate of drug-likeness (QED) is 0.0957. The molecule has 2 nitrogen and oxygen atoms in total. The van der Waals surface area contributed by atoms with Crippen molar-refractivity contribution >= 4 is 46.4 Å². The minimum atomic E-state index is -2.53. The molecule has 1 fully saturated rings. The van der Waals surface area contributed by atoms with Crippen LogP contribution in [0.3, 0.4) is 0 Å². The topological polar surface area (TPSA) is 7.76 Å². The third kappa shape index (κ3) is 6.88. The second-order valence-corrected chi connectivity index (χ2v) is 26.1. The van der Waals surface area contributed by atoms with Crippen molar-refractivity contribution in [3.8, 4) is 11.1 Å². The van der Waals surface area contributed by atoms with Crippen molar-refractivity contribution in [2.24, 2.45) is 7.05 Å². The van der Waals surface area contributed by atoms with Gasteiger partial charge in [0.1, 0.15) is 51.3 Å². The molecule has 308 valence electrons. The van der Waals surface area contributed by atoms with Gasteiger partial charge < -0.3 is 0 Å². The van der Waals surface area contributed by atoms with Gasteiger partial charge >= 0.3 is 0 Å². The van der Waals surface area contributed by atoms with Crippen LogP contribution in [0, 0.1) is 41.5 Å². The van der Waals surface area contributed by atoms with Crippen molar-refractivity contribution < 1.29 is 9.13 Å². The van der Waals surface area contributed by atoms with Crippen molar-refractivity contribution in [3.63, 3.8) is 0 Å². The first kappa shape index (κ1) is 41.8. The summed E-state index contributed by atoms with van der Waals surface area (Å²) < 4.78 is 4.79. The van der Waals surface area contributed by atoms with Crippen LogP contribution in [0.4, 0.5) is 0 Å². The van der Waals surface area contributed by atoms with E-state index in [1.54, 1.807) is 0 Å². The van der Waals surface area contributed by atoms with Crippen LogP contribution in [0.5, 0.6) is 0 Å². The summed E-state index contributed by atoms with van der Waals surface area (Å²) in [6, 6.07) is 67.0. The van der Waals surface area contributed by atoms with Crippen LogP contribution in [-0.2, 0) is 12.3 Å². The number of aryl methyl sites for hydroxylation is 7. The third-order valence-corrected chi connectivity index (χ3v) is 24.1. The van der Waals surface area contributed by atoms with Gasteiger partial charge in [0.15, 0.2) is 32.0 Å². The fourth-order valence-corrected chi connectivity index (χ4v) is 22.3. The summed E-state index contributed by atoms with van der Waals surface area (Å²) in [6.07, 6.45) is 11.1. The van der Waals surface area contributed by atoms with Gasteiger partial charge in [-0.15, -0.1) is 0 Å². The van der Waals surface area contributed by atoms with Gasteiger partial charge in [0.05, 0.1) is 12.8 Å². The van der Waals surface area contributed by atoms with E-state index < -0.39 is 14.5 Å². The van der Waals surface area contributed by atoms with Gasteiger partial charge in [0.25, 0.3) is 5.28 Å². The fraction of sp³-hybridized carbons (Fsp3) is 0.207. The summed E-state index contributed by atoms with van der Waals surface area (Å²) in [6.45, 7) is 16.0. The minimum absolute atomic E-state index is 0.127. The van der Waals surface area contributed by atoms with Gasteiger partial charge in [0.2, 0.25) is 0 Å². The molecule has 1 saturated carbocycles. The molecule has 0 spiro atoms. The predicted molar refractivity (Wildman–Crippen MR) is 268 cm³/mol. The number of aromatic nitrogens is 2. The lowest BCUT2D eigenvalue weighted by atomic mass is 9.79. The molecule has 4 heteroatoms. The molecule has 9 rings (SSSR count). The maximum absolute atomic E-state index is 2.68. The lowest BCUT2D eigenvalue weighted by molar-refractivity contribution is -0.753. The van der Waals surface area contributed by atoms with Crippen molar-refractivity contribution in [1.82, 2.24) is 0 Å². The SMILES string of the molecule is Cc1ccc([P+](c2ccc(C)cc2)(c2ccc(C)cc2)C2(C)CC([n+]3ccc(-c4cc[n+](C)cc4)cc3)([P+](c3ccc(C)cc3)(c3ccc(C)cc3)c3ccc(C)cc3)C2)cc1. The molecule has 6 aromatic carbocycles. The molecule has 0 atom stereocenters. The Morgan fingerprint density at radius 2 is 0.581 bits per heavy atom. The van der Waals surface area contributed by atoms with Gasteiger partial charge in [-0.1, -0.05) is 106 Å². The van der Waals surface area contributed by atoms with Gasteiger partial charge in [-0.05, 0) is 132 Å². The zero-order valence-electron chi connectivity index (χ0n) is 37.7. The Kier molecular flexibility index (Phi) is 11.0. The number of pyridine rings is 2. The molecule has 0 bridgehead atoms. The largest absolute Gasteiger partial charge is 0.287 e. The summed E-state index contributed by atoms with van der Waals surface area (Å²) in [4.78, 5) is 0. The summed E-state index contributed by atoms with van der Waals surface area (Å²) in [7, 11) is -2.81. The predicted octanol–water partition coefficient (Wildman–Crippen LogP) is 10.5. The zero-order chi connectivity index (χ0) is 43.3. The molecule has 1 aliphatic rings. The number of benzene rings is 6. The zero-order valence-corrected chi connectivity index (χ0v) is 39.5. The molecule has 0 amide bonds. The molecule has 2 aromatic heterocycles. The Bertz CT molecular complexity index is 2580. The molecule has 62 heavy (non-hydrogen) atoms. The maximum atomic E-state index is 2.68. The summed E-state index contributed by atoms with van der Waals surface area (Å²) in [5.41, 5.74) is 10.2. The van der Waals surface area contributed by atoms with Gasteiger partial charge in [-0.2, -0.15) is 4.57 Å². The highest BCUT2D eigenvalue weighted by atomic mass is 31.2. The van der Waals surface area contributed by atoms with Gasteiger partial charge in [-0.25, -0.2) is 4.57 Å². The van der Waals surface area contributed by atoms with E-state index in [1.165, 1.54) is 76.3 Å². The minimum Gasteiger partial charge on any atom is -0.208 e. The molecule has 0 aliphatic heterocycles. The first-order valence-corrected chi connectivity index (χ1v) is 25.7. The van der Waals surface area contributed by atoms with E-state index in [0.717, 1.165) is 12.8 Å². The number of hydrogen-bond donors (Lipinski definition) is 0. The van der Waals surface area contributed by atoms with Crippen LogP contribution >= 0.6 is 14.5 Å². The molecule has 0 radical (unpaired) electrons. The molecule has 8 aromatic rings. The molecule has 0 N–H and O–H groups in total. The van der Waals surface area contributed by atoms with Crippen molar-refractivity contribution in [2.75, 3.05) is 0 Å². The van der Waals surface area contributed by atoms with E-state index in [9.17, 15) is 0 Å². The Balaban J connectivity index is 1.39. The fourth-order valence-electron chi connectivity index (χ4n) is 10.7. The van der Waals surface area contributed by atoms with Crippen LogP contribution in [0.25, 0.3) is 11.1 Å². The van der Waals surface area contributed by atoms with E-state index in [-0.39, 0.29) is 10.4 Å². The van der Waals surface area contributed by atoms with Crippen LogP contribution in [0.15, 0.2) is 195 Å². The summed E-state index contributed by atoms with van der Waals surface area (Å²) >= 11 is 0. The average molecular weight is 847 g/mol. The Morgan fingerprint density at radius 3 is 0.855 bits per heavy atom. The van der Waals surface area contributed by atoms with Crippen molar-refractivity contribution in [1.29, 1.82) is 0 Å². The second kappa shape index (κ2) is 16.3. The second-order valence-electron chi connectivity index (χ2n) is 18.4. The maximum Gasteiger partial charge on any atom is 0.287 e. The number of hydrogen-bond acceptors (Lipinski definition) is 0. The third-order valence-electron chi connectivity index (χ3n) is 13.9. The highest BCUT2D eigenvalue weighted by Gasteiger charge is 2.84. The van der Waals surface area contributed by atoms with Crippen molar-refractivity contribution in [3.05, 3.63) is 228 Å². The van der Waals surface area contributed by atoms with E-state index in [4.69, 9.17) is 0 Å². The molecular formula is C58H60N2P2+4. The van der Waals surface area contributed by atoms with E-state index in [2.05, 4.69) is 259 Å². The molecular weight excluding hydrogens is 787 g/mol.